The van der Waals surface area contributed by atoms with E-state index in [9.17, 15) is 8.42 Å². The van der Waals surface area contributed by atoms with Gasteiger partial charge in [-0.1, -0.05) is 43.2 Å². The maximum absolute atomic E-state index is 12.1. The lowest BCUT2D eigenvalue weighted by molar-refractivity contribution is 0.146. The number of nitrogens with zero attached hydrogens (tertiary/aromatic N) is 1. The van der Waals surface area contributed by atoms with E-state index in [1.54, 1.807) is 4.31 Å². The number of hydrogen-bond donors (Lipinski definition) is 1. The summed E-state index contributed by atoms with van der Waals surface area (Å²) in [6.45, 7) is 1.88. The van der Waals surface area contributed by atoms with Crippen molar-refractivity contribution in [3.63, 3.8) is 0 Å². The second-order valence-electron chi connectivity index (χ2n) is 5.72. The molecule has 1 aromatic carbocycles. The van der Waals surface area contributed by atoms with Crippen molar-refractivity contribution in [2.75, 3.05) is 13.1 Å². The maximum atomic E-state index is 12.1. The van der Waals surface area contributed by atoms with Crippen LogP contribution < -0.4 is 5.32 Å². The highest BCUT2D eigenvalue weighted by Gasteiger charge is 2.46. The van der Waals surface area contributed by atoms with Gasteiger partial charge in [0.05, 0.1) is 12.1 Å². The minimum atomic E-state index is -3.52. The van der Waals surface area contributed by atoms with Crippen molar-refractivity contribution in [2.24, 2.45) is 0 Å². The van der Waals surface area contributed by atoms with Gasteiger partial charge in [0, 0.05) is 19.6 Å². The molecule has 21 heavy (non-hydrogen) atoms. The second-order valence-corrected chi connectivity index (χ2v) is 7.23. The SMILES string of the molecule is O=S1(=O)O[C@@H]2CCCC[C@@H]2N1CCNCc1ccccc1. The van der Waals surface area contributed by atoms with E-state index >= 15 is 0 Å². The summed E-state index contributed by atoms with van der Waals surface area (Å²) in [5.41, 5.74) is 1.20. The van der Waals surface area contributed by atoms with Gasteiger partial charge in [0.15, 0.2) is 0 Å². The Morgan fingerprint density at radius 1 is 1.19 bits per heavy atom. The van der Waals surface area contributed by atoms with Crippen LogP contribution in [-0.2, 0) is 21.0 Å². The van der Waals surface area contributed by atoms with Crippen LogP contribution in [0.15, 0.2) is 30.3 Å². The smallest absolute Gasteiger partial charge is 0.311 e. The molecular weight excluding hydrogens is 288 g/mol. The third-order valence-electron chi connectivity index (χ3n) is 4.25. The largest absolute Gasteiger partial charge is 0.339 e. The molecular formula is C15H22N2O3S. The van der Waals surface area contributed by atoms with Crippen LogP contribution in [0, 0.1) is 0 Å². The summed E-state index contributed by atoms with van der Waals surface area (Å²) in [5, 5.41) is 3.30. The van der Waals surface area contributed by atoms with E-state index in [0.29, 0.717) is 13.1 Å². The highest BCUT2D eigenvalue weighted by atomic mass is 32.2. The zero-order chi connectivity index (χ0) is 14.7. The Labute approximate surface area is 126 Å². The highest BCUT2D eigenvalue weighted by Crippen LogP contribution is 2.34. The zero-order valence-electron chi connectivity index (χ0n) is 12.1. The molecule has 0 aromatic heterocycles. The van der Waals surface area contributed by atoms with E-state index in [2.05, 4.69) is 17.4 Å². The van der Waals surface area contributed by atoms with Crippen molar-refractivity contribution >= 4 is 10.3 Å². The molecule has 0 spiro atoms. The first-order chi connectivity index (χ1) is 10.2. The third-order valence-corrected chi connectivity index (χ3v) is 5.77. The average Bonchev–Trinajstić information content (AvgIpc) is 2.75. The van der Waals surface area contributed by atoms with E-state index in [-0.39, 0.29) is 12.1 Å². The monoisotopic (exact) mass is 310 g/mol. The lowest BCUT2D eigenvalue weighted by atomic mass is 9.93. The molecule has 1 N–H and O–H groups in total. The van der Waals surface area contributed by atoms with Crippen LogP contribution >= 0.6 is 0 Å². The Bertz CT molecular complexity index is 562. The molecule has 2 aliphatic rings. The fraction of sp³-hybridized carbons (Fsp3) is 0.600. The Morgan fingerprint density at radius 3 is 2.76 bits per heavy atom. The summed E-state index contributed by atoms with van der Waals surface area (Å²) < 4.78 is 30.9. The van der Waals surface area contributed by atoms with Gasteiger partial charge in [-0.05, 0) is 18.4 Å². The van der Waals surface area contributed by atoms with E-state index in [0.717, 1.165) is 32.2 Å². The standard InChI is InChI=1S/C15H22N2O3S/c18-21(19)17(14-8-4-5-9-15(14)20-21)11-10-16-12-13-6-2-1-3-7-13/h1-3,6-7,14-16H,4-5,8-12H2/t14-,15+/m0/s1. The normalized spacial score (nSPS) is 28.4. The molecule has 2 atom stereocenters. The lowest BCUT2D eigenvalue weighted by Gasteiger charge is -2.26. The van der Waals surface area contributed by atoms with Crippen LogP contribution in [0.1, 0.15) is 31.2 Å². The fourth-order valence-corrected chi connectivity index (χ4v) is 4.73. The quantitative estimate of drug-likeness (QED) is 0.841. The fourth-order valence-electron chi connectivity index (χ4n) is 3.19. The minimum Gasteiger partial charge on any atom is -0.311 e. The summed E-state index contributed by atoms with van der Waals surface area (Å²) in [6, 6.07) is 10.1. The number of rotatable bonds is 5. The summed E-state index contributed by atoms with van der Waals surface area (Å²) in [4.78, 5) is 0. The molecule has 1 aliphatic carbocycles. The van der Waals surface area contributed by atoms with Gasteiger partial charge in [-0.2, -0.15) is 12.7 Å². The highest BCUT2D eigenvalue weighted by molar-refractivity contribution is 7.84. The van der Waals surface area contributed by atoms with Crippen molar-refractivity contribution in [1.82, 2.24) is 9.62 Å². The summed E-state index contributed by atoms with van der Waals surface area (Å²) in [7, 11) is -3.52. The molecule has 6 heteroatoms. The number of fused-ring (bicyclic) bond motifs is 1. The third kappa shape index (κ3) is 3.45. The predicted octanol–water partition coefficient (Wildman–Crippen LogP) is 1.66. The molecule has 0 bridgehead atoms. The van der Waals surface area contributed by atoms with Gasteiger partial charge < -0.3 is 5.32 Å². The predicted molar refractivity (Wildman–Crippen MR) is 80.9 cm³/mol. The minimum absolute atomic E-state index is 0.0438. The van der Waals surface area contributed by atoms with Crippen molar-refractivity contribution in [1.29, 1.82) is 0 Å². The topological polar surface area (TPSA) is 58.6 Å². The molecule has 1 aromatic rings. The summed E-state index contributed by atoms with van der Waals surface area (Å²) in [5.74, 6) is 0. The Kier molecular flexibility index (Phi) is 4.59. The average molecular weight is 310 g/mol. The van der Waals surface area contributed by atoms with Gasteiger partial charge in [0.25, 0.3) is 0 Å². The molecule has 0 unspecified atom stereocenters. The molecule has 2 fully saturated rings. The Balaban J connectivity index is 1.52. The van der Waals surface area contributed by atoms with E-state index < -0.39 is 10.3 Å². The molecule has 5 nitrogen and oxygen atoms in total. The molecule has 116 valence electrons. The first-order valence-electron chi connectivity index (χ1n) is 7.61. The van der Waals surface area contributed by atoms with Crippen molar-refractivity contribution in [2.45, 2.75) is 44.4 Å². The summed E-state index contributed by atoms with van der Waals surface area (Å²) >= 11 is 0. The van der Waals surface area contributed by atoms with Crippen LogP contribution in [-0.4, -0.2) is 38.0 Å². The van der Waals surface area contributed by atoms with Crippen LogP contribution in [0.3, 0.4) is 0 Å². The molecule has 1 saturated carbocycles. The van der Waals surface area contributed by atoms with Crippen molar-refractivity contribution < 1.29 is 12.6 Å². The lowest BCUT2D eigenvalue weighted by Crippen LogP contribution is -2.42. The summed E-state index contributed by atoms with van der Waals surface area (Å²) in [6.07, 6.45) is 3.81. The second kappa shape index (κ2) is 6.44. The Hall–Kier alpha value is -0.950. The van der Waals surface area contributed by atoms with E-state index in [1.807, 2.05) is 18.2 Å². The zero-order valence-corrected chi connectivity index (χ0v) is 12.9. The van der Waals surface area contributed by atoms with Gasteiger partial charge in [-0.15, -0.1) is 0 Å². The first-order valence-corrected chi connectivity index (χ1v) is 8.98. The van der Waals surface area contributed by atoms with E-state index in [4.69, 9.17) is 4.18 Å². The molecule has 1 saturated heterocycles. The van der Waals surface area contributed by atoms with Crippen LogP contribution in [0.25, 0.3) is 0 Å². The van der Waals surface area contributed by atoms with Gasteiger partial charge in [0.1, 0.15) is 0 Å². The molecule has 1 aliphatic heterocycles. The van der Waals surface area contributed by atoms with E-state index in [1.165, 1.54) is 5.56 Å². The van der Waals surface area contributed by atoms with Crippen LogP contribution in [0.4, 0.5) is 0 Å². The van der Waals surface area contributed by atoms with Gasteiger partial charge >= 0.3 is 10.3 Å². The molecule has 0 amide bonds. The molecule has 3 rings (SSSR count). The van der Waals surface area contributed by atoms with Gasteiger partial charge in [-0.3, -0.25) is 4.18 Å². The Morgan fingerprint density at radius 2 is 1.95 bits per heavy atom. The van der Waals surface area contributed by atoms with Gasteiger partial charge in [-0.25, -0.2) is 0 Å². The van der Waals surface area contributed by atoms with Gasteiger partial charge in [0.2, 0.25) is 0 Å². The van der Waals surface area contributed by atoms with Crippen LogP contribution in [0.5, 0.6) is 0 Å². The first kappa shape index (κ1) is 15.0. The molecule has 1 heterocycles. The molecule has 0 radical (unpaired) electrons. The number of nitrogens with one attached hydrogen (secondary N) is 1. The number of hydrogen-bond acceptors (Lipinski definition) is 4. The van der Waals surface area contributed by atoms with Crippen molar-refractivity contribution in [3.8, 4) is 0 Å². The van der Waals surface area contributed by atoms with Crippen molar-refractivity contribution in [3.05, 3.63) is 35.9 Å². The maximum Gasteiger partial charge on any atom is 0.339 e. The number of benzene rings is 1. The van der Waals surface area contributed by atoms with Crippen LogP contribution in [0.2, 0.25) is 0 Å².